The second-order valence-electron chi connectivity index (χ2n) is 5.47. The van der Waals surface area contributed by atoms with Crippen molar-refractivity contribution in [3.05, 3.63) is 70.9 Å². The van der Waals surface area contributed by atoms with Gasteiger partial charge in [0.1, 0.15) is 23.7 Å². The number of hydrogen-bond donors (Lipinski definition) is 0. The summed E-state index contributed by atoms with van der Waals surface area (Å²) in [5.74, 6) is 0.888. The first-order valence-electron chi connectivity index (χ1n) is 7.38. The van der Waals surface area contributed by atoms with E-state index in [2.05, 4.69) is 18.2 Å². The van der Waals surface area contributed by atoms with Gasteiger partial charge in [-0.3, -0.25) is 0 Å². The molecule has 2 aliphatic carbocycles. The van der Waals surface area contributed by atoms with Gasteiger partial charge in [-0.2, -0.15) is 0 Å². The number of carbonyl (C=O) groups excluding carboxylic acids is 1. The predicted octanol–water partition coefficient (Wildman–Crippen LogP) is 4.31. The lowest BCUT2D eigenvalue weighted by atomic mass is 10.2. The van der Waals surface area contributed by atoms with Crippen LogP contribution >= 0.6 is 8.38 Å². The highest BCUT2D eigenvalue weighted by molar-refractivity contribution is 7.47. The third kappa shape index (κ3) is 2.95. The SMILES string of the molecule is CP1OC(=O)c2ccc(OCC3=C4\C\C4=C\C=C/C=C\3)cc2O1. The maximum atomic E-state index is 11.8. The number of hydrogen-bond acceptors (Lipinski definition) is 4. The molecule has 0 amide bonds. The monoisotopic (exact) mass is 326 g/mol. The molecule has 0 bridgehead atoms. The Morgan fingerprint density at radius 3 is 3.04 bits per heavy atom. The Morgan fingerprint density at radius 2 is 2.13 bits per heavy atom. The molecular formula is C18H15O4P. The summed E-state index contributed by atoms with van der Waals surface area (Å²) in [6.45, 7) is 2.26. The maximum Gasteiger partial charge on any atom is 0.347 e. The molecule has 1 aliphatic heterocycles. The predicted molar refractivity (Wildman–Crippen MR) is 88.8 cm³/mol. The third-order valence-corrected chi connectivity index (χ3v) is 4.72. The van der Waals surface area contributed by atoms with E-state index in [-0.39, 0.29) is 5.97 Å². The lowest BCUT2D eigenvalue weighted by Crippen LogP contribution is -2.11. The van der Waals surface area contributed by atoms with Crippen LogP contribution in [-0.2, 0) is 4.52 Å². The molecule has 0 saturated heterocycles. The lowest BCUT2D eigenvalue weighted by Gasteiger charge is -2.21. The molecule has 1 aromatic rings. The van der Waals surface area contributed by atoms with Crippen molar-refractivity contribution in [2.75, 3.05) is 13.3 Å². The first-order chi connectivity index (χ1) is 11.2. The van der Waals surface area contributed by atoms with Gasteiger partial charge in [-0.1, -0.05) is 30.4 Å². The van der Waals surface area contributed by atoms with Crippen LogP contribution in [0.1, 0.15) is 16.8 Å². The van der Waals surface area contributed by atoms with Crippen LogP contribution < -0.4 is 9.26 Å². The van der Waals surface area contributed by atoms with E-state index in [1.807, 2.05) is 12.2 Å². The molecule has 4 nitrogen and oxygen atoms in total. The van der Waals surface area contributed by atoms with Gasteiger partial charge in [-0.25, -0.2) is 4.79 Å². The Morgan fingerprint density at radius 1 is 1.22 bits per heavy atom. The smallest absolute Gasteiger partial charge is 0.347 e. The largest absolute Gasteiger partial charge is 0.489 e. The molecular weight excluding hydrogens is 311 g/mol. The number of carbonyl (C=O) groups is 1. The summed E-state index contributed by atoms with van der Waals surface area (Å²) in [6.07, 6.45) is 11.4. The van der Waals surface area contributed by atoms with Gasteiger partial charge in [0.2, 0.25) is 0 Å². The highest BCUT2D eigenvalue weighted by Crippen LogP contribution is 2.44. The van der Waals surface area contributed by atoms with Gasteiger partial charge >= 0.3 is 5.97 Å². The van der Waals surface area contributed by atoms with Crippen molar-refractivity contribution in [3.8, 4) is 11.5 Å². The number of ether oxygens (including phenoxy) is 1. The van der Waals surface area contributed by atoms with Crippen molar-refractivity contribution in [3.63, 3.8) is 0 Å². The van der Waals surface area contributed by atoms with Gasteiger partial charge in [0.15, 0.2) is 0 Å². The van der Waals surface area contributed by atoms with Gasteiger partial charge in [0, 0.05) is 12.7 Å². The van der Waals surface area contributed by atoms with Gasteiger partial charge < -0.3 is 13.8 Å². The van der Waals surface area contributed by atoms with Crippen molar-refractivity contribution in [2.45, 2.75) is 6.42 Å². The summed E-state index contributed by atoms with van der Waals surface area (Å²) < 4.78 is 16.6. The highest BCUT2D eigenvalue weighted by atomic mass is 31.2. The molecule has 0 N–H and O–H groups in total. The van der Waals surface area contributed by atoms with Crippen molar-refractivity contribution in [1.29, 1.82) is 0 Å². The number of fused-ring (bicyclic) bond motifs is 2. The fourth-order valence-corrected chi connectivity index (χ4v) is 3.39. The molecule has 0 radical (unpaired) electrons. The minimum Gasteiger partial charge on any atom is -0.489 e. The molecule has 1 unspecified atom stereocenters. The Kier molecular flexibility index (Phi) is 3.55. The quantitative estimate of drug-likeness (QED) is 0.777. The van der Waals surface area contributed by atoms with E-state index in [4.69, 9.17) is 13.8 Å². The second kappa shape index (κ2) is 5.71. The number of rotatable bonds is 3. The molecule has 1 aromatic carbocycles. The van der Waals surface area contributed by atoms with Crippen LogP contribution in [0.4, 0.5) is 0 Å². The minimum atomic E-state index is -1.20. The molecule has 0 spiro atoms. The molecule has 1 atom stereocenters. The van der Waals surface area contributed by atoms with Crippen LogP contribution in [0.3, 0.4) is 0 Å². The Bertz CT molecular complexity index is 801. The summed E-state index contributed by atoms with van der Waals surface area (Å²) in [5, 5.41) is 0. The second-order valence-corrected chi connectivity index (χ2v) is 6.72. The molecule has 1 fully saturated rings. The average Bonchev–Trinajstić information content (AvgIpc) is 3.25. The van der Waals surface area contributed by atoms with Gasteiger partial charge in [-0.15, -0.1) is 0 Å². The van der Waals surface area contributed by atoms with E-state index in [9.17, 15) is 4.79 Å². The zero-order valence-corrected chi connectivity index (χ0v) is 13.5. The van der Waals surface area contributed by atoms with Crippen molar-refractivity contribution >= 4 is 14.3 Å². The van der Waals surface area contributed by atoms with E-state index < -0.39 is 8.38 Å². The van der Waals surface area contributed by atoms with Gasteiger partial charge in [-0.05, 0) is 35.3 Å². The lowest BCUT2D eigenvalue weighted by molar-refractivity contribution is 0.0723. The molecule has 116 valence electrons. The average molecular weight is 326 g/mol. The first kappa shape index (κ1) is 14.3. The van der Waals surface area contributed by atoms with Crippen molar-refractivity contribution < 1.29 is 18.6 Å². The van der Waals surface area contributed by atoms with Gasteiger partial charge in [0.05, 0.1) is 0 Å². The normalized spacial score (nSPS) is 29.5. The third-order valence-electron chi connectivity index (χ3n) is 3.84. The van der Waals surface area contributed by atoms with E-state index in [0.29, 0.717) is 23.7 Å². The van der Waals surface area contributed by atoms with Gasteiger partial charge in [0.25, 0.3) is 8.38 Å². The fourth-order valence-electron chi connectivity index (χ4n) is 2.59. The topological polar surface area (TPSA) is 44.8 Å². The molecule has 1 saturated carbocycles. The molecule has 4 rings (SSSR count). The van der Waals surface area contributed by atoms with Crippen molar-refractivity contribution in [1.82, 2.24) is 0 Å². The zero-order chi connectivity index (χ0) is 15.8. The van der Waals surface area contributed by atoms with Crippen LogP contribution in [0.25, 0.3) is 0 Å². The van der Waals surface area contributed by atoms with Crippen LogP contribution in [0.15, 0.2) is 65.3 Å². The van der Waals surface area contributed by atoms with Crippen LogP contribution in [0, 0.1) is 0 Å². The summed E-state index contributed by atoms with van der Waals surface area (Å²) in [7, 11) is -1.20. The van der Waals surface area contributed by atoms with Crippen LogP contribution in [0.2, 0.25) is 0 Å². The Hall–Kier alpha value is -2.32. The van der Waals surface area contributed by atoms with Crippen molar-refractivity contribution in [2.24, 2.45) is 0 Å². The van der Waals surface area contributed by atoms with E-state index in [1.165, 1.54) is 16.7 Å². The fraction of sp³-hybridized carbons (Fsp3) is 0.167. The molecule has 0 aromatic heterocycles. The minimum absolute atomic E-state index is 0.334. The zero-order valence-electron chi connectivity index (χ0n) is 12.6. The highest BCUT2D eigenvalue weighted by Gasteiger charge is 2.27. The summed E-state index contributed by atoms with van der Waals surface area (Å²) in [6, 6.07) is 5.22. The first-order valence-corrected chi connectivity index (χ1v) is 9.00. The molecule has 23 heavy (non-hydrogen) atoms. The van der Waals surface area contributed by atoms with Crippen LogP contribution in [-0.4, -0.2) is 19.2 Å². The Labute approximate surface area is 135 Å². The summed E-state index contributed by atoms with van der Waals surface area (Å²) in [4.78, 5) is 11.8. The number of allylic oxidation sites excluding steroid dienone is 6. The van der Waals surface area contributed by atoms with Crippen LogP contribution in [0.5, 0.6) is 11.5 Å². The molecule has 5 heteroatoms. The Balaban J connectivity index is 1.51. The summed E-state index contributed by atoms with van der Waals surface area (Å²) >= 11 is 0. The number of benzene rings is 1. The molecule has 1 heterocycles. The van der Waals surface area contributed by atoms with E-state index >= 15 is 0 Å². The van der Waals surface area contributed by atoms with E-state index in [1.54, 1.807) is 24.9 Å². The summed E-state index contributed by atoms with van der Waals surface area (Å²) in [5.41, 5.74) is 4.37. The van der Waals surface area contributed by atoms with E-state index in [0.717, 1.165) is 6.42 Å². The molecule has 3 aliphatic rings. The maximum absolute atomic E-state index is 11.8. The standard InChI is InChI=1S/C18H15O4P/c1-23-21-17-10-14(7-8-15(17)18(19)22-23)20-11-13-6-4-2-3-5-12-9-16(12)13/h2-8,10H,9,11H2,1H3/b3-2-,4-2?,5-3?,6-4-,12-5-,13-6?,16-13+.